The Bertz CT molecular complexity index is 537. The monoisotopic (exact) mass is 302 g/mol. The van der Waals surface area contributed by atoms with Crippen molar-refractivity contribution in [3.05, 3.63) is 23.5 Å². The third-order valence-corrected chi connectivity index (χ3v) is 6.16. The Morgan fingerprint density at radius 3 is 2.53 bits per heavy atom. The van der Waals surface area contributed by atoms with Gasteiger partial charge in [0.05, 0.1) is 5.02 Å². The van der Waals surface area contributed by atoms with Crippen molar-refractivity contribution in [3.8, 4) is 0 Å². The molecule has 2 heterocycles. The second-order valence-corrected chi connectivity index (χ2v) is 7.61. The molecule has 0 bridgehead atoms. The number of nitrogens with zero attached hydrogens (tertiary/aromatic N) is 2. The molecule has 1 aliphatic rings. The molecule has 106 valence electrons. The van der Waals surface area contributed by atoms with Gasteiger partial charge in [-0.15, -0.1) is 0 Å². The number of hydrogen-bond donors (Lipinski definition) is 0. The normalized spacial score (nSPS) is 18.9. The molecule has 19 heavy (non-hydrogen) atoms. The van der Waals surface area contributed by atoms with E-state index in [4.69, 9.17) is 11.6 Å². The van der Waals surface area contributed by atoms with Gasteiger partial charge in [-0.25, -0.2) is 8.42 Å². The maximum absolute atomic E-state index is 12.5. The van der Waals surface area contributed by atoms with Gasteiger partial charge in [0, 0.05) is 25.5 Å². The molecule has 0 atom stereocenters. The van der Waals surface area contributed by atoms with Crippen molar-refractivity contribution in [2.24, 2.45) is 11.8 Å². The summed E-state index contributed by atoms with van der Waals surface area (Å²) >= 11 is 5.96. The lowest BCUT2D eigenvalue weighted by Crippen LogP contribution is -2.39. The molecule has 0 aliphatic carbocycles. The van der Waals surface area contributed by atoms with Crippen molar-refractivity contribution in [2.45, 2.75) is 31.6 Å². The first-order valence-electron chi connectivity index (χ1n) is 6.52. The first-order chi connectivity index (χ1) is 8.93. The van der Waals surface area contributed by atoms with E-state index in [1.54, 1.807) is 0 Å². The van der Waals surface area contributed by atoms with Crippen LogP contribution in [0, 0.1) is 11.8 Å². The fraction of sp³-hybridized carbons (Fsp3) is 0.615. The van der Waals surface area contributed by atoms with Gasteiger partial charge in [0.1, 0.15) is 4.90 Å². The van der Waals surface area contributed by atoms with Crippen molar-refractivity contribution in [2.75, 3.05) is 13.1 Å². The van der Waals surface area contributed by atoms with Crippen molar-refractivity contribution in [1.29, 1.82) is 0 Å². The van der Waals surface area contributed by atoms with Crippen LogP contribution in [0.25, 0.3) is 0 Å². The van der Waals surface area contributed by atoms with E-state index in [2.05, 4.69) is 18.8 Å². The number of piperidine rings is 1. The van der Waals surface area contributed by atoms with Crippen LogP contribution < -0.4 is 0 Å². The van der Waals surface area contributed by atoms with Crippen LogP contribution in [-0.2, 0) is 10.0 Å². The van der Waals surface area contributed by atoms with Crippen LogP contribution in [0.15, 0.2) is 23.4 Å². The molecule has 0 unspecified atom stereocenters. The van der Waals surface area contributed by atoms with Crippen molar-refractivity contribution in [3.63, 3.8) is 0 Å². The highest BCUT2D eigenvalue weighted by Gasteiger charge is 2.31. The van der Waals surface area contributed by atoms with E-state index < -0.39 is 10.0 Å². The lowest BCUT2D eigenvalue weighted by atomic mass is 9.87. The number of sulfonamides is 1. The minimum atomic E-state index is -3.50. The predicted molar refractivity (Wildman–Crippen MR) is 75.6 cm³/mol. The smallest absolute Gasteiger partial charge is 0.246 e. The molecule has 0 saturated carbocycles. The second kappa shape index (κ2) is 5.77. The van der Waals surface area contributed by atoms with Crippen LogP contribution >= 0.6 is 11.6 Å². The summed E-state index contributed by atoms with van der Waals surface area (Å²) < 4.78 is 26.5. The summed E-state index contributed by atoms with van der Waals surface area (Å²) in [6.45, 7) is 5.51. The number of hydrogen-bond acceptors (Lipinski definition) is 3. The van der Waals surface area contributed by atoms with Crippen LogP contribution in [0.3, 0.4) is 0 Å². The zero-order valence-electron chi connectivity index (χ0n) is 11.2. The summed E-state index contributed by atoms with van der Waals surface area (Å²) in [5.41, 5.74) is 0. The van der Waals surface area contributed by atoms with E-state index in [1.807, 2.05) is 0 Å². The summed E-state index contributed by atoms with van der Waals surface area (Å²) in [5.74, 6) is 1.21. The lowest BCUT2D eigenvalue weighted by molar-refractivity contribution is 0.226. The Morgan fingerprint density at radius 1 is 1.37 bits per heavy atom. The summed E-state index contributed by atoms with van der Waals surface area (Å²) in [6.07, 6.45) is 4.64. The highest BCUT2D eigenvalue weighted by Crippen LogP contribution is 2.29. The quantitative estimate of drug-likeness (QED) is 0.862. The molecule has 0 spiro atoms. The lowest BCUT2D eigenvalue weighted by Gasteiger charge is -2.33. The average molecular weight is 303 g/mol. The number of rotatable bonds is 3. The van der Waals surface area contributed by atoms with Crippen molar-refractivity contribution >= 4 is 21.6 Å². The Labute approximate surface area is 119 Å². The highest BCUT2D eigenvalue weighted by atomic mass is 35.5. The van der Waals surface area contributed by atoms with Gasteiger partial charge in [-0.05, 0) is 30.7 Å². The van der Waals surface area contributed by atoms with Gasteiger partial charge in [-0.3, -0.25) is 4.98 Å². The predicted octanol–water partition coefficient (Wildman–Crippen LogP) is 2.79. The third-order valence-electron chi connectivity index (χ3n) is 3.79. The minimum absolute atomic E-state index is 0.111. The molecule has 0 amide bonds. The molecule has 6 heteroatoms. The van der Waals surface area contributed by atoms with Crippen LogP contribution in [-0.4, -0.2) is 30.8 Å². The fourth-order valence-electron chi connectivity index (χ4n) is 2.47. The zero-order valence-corrected chi connectivity index (χ0v) is 12.8. The van der Waals surface area contributed by atoms with Gasteiger partial charge in [0.15, 0.2) is 0 Å². The largest absolute Gasteiger partial charge is 0.263 e. The van der Waals surface area contributed by atoms with E-state index in [9.17, 15) is 8.42 Å². The molecular formula is C13H19ClN2O2S. The number of pyridine rings is 1. The average Bonchev–Trinajstić information content (AvgIpc) is 2.39. The Morgan fingerprint density at radius 2 is 2.00 bits per heavy atom. The highest BCUT2D eigenvalue weighted by molar-refractivity contribution is 7.89. The van der Waals surface area contributed by atoms with E-state index >= 15 is 0 Å². The van der Waals surface area contributed by atoms with E-state index in [-0.39, 0.29) is 9.92 Å². The molecule has 2 rings (SSSR count). The van der Waals surface area contributed by atoms with Gasteiger partial charge in [0.25, 0.3) is 0 Å². The third kappa shape index (κ3) is 3.09. The van der Waals surface area contributed by atoms with E-state index in [1.165, 1.54) is 22.8 Å². The number of aromatic nitrogens is 1. The minimum Gasteiger partial charge on any atom is -0.263 e. The van der Waals surface area contributed by atoms with Crippen LogP contribution in [0.2, 0.25) is 5.02 Å². The van der Waals surface area contributed by atoms with Gasteiger partial charge in [-0.2, -0.15) is 4.31 Å². The molecular weight excluding hydrogens is 284 g/mol. The molecule has 1 fully saturated rings. The van der Waals surface area contributed by atoms with Crippen molar-refractivity contribution < 1.29 is 8.42 Å². The van der Waals surface area contributed by atoms with Gasteiger partial charge in [-0.1, -0.05) is 25.4 Å². The first-order valence-corrected chi connectivity index (χ1v) is 8.34. The zero-order chi connectivity index (χ0) is 14.0. The van der Waals surface area contributed by atoms with Crippen LogP contribution in [0.1, 0.15) is 26.7 Å². The van der Waals surface area contributed by atoms with Crippen molar-refractivity contribution in [1.82, 2.24) is 9.29 Å². The first kappa shape index (κ1) is 14.8. The number of halogens is 1. The summed E-state index contributed by atoms with van der Waals surface area (Å²) in [5, 5.41) is 0.237. The molecule has 1 saturated heterocycles. The molecule has 0 N–H and O–H groups in total. The fourth-order valence-corrected chi connectivity index (χ4v) is 4.35. The maximum atomic E-state index is 12.5. The molecule has 1 aliphatic heterocycles. The van der Waals surface area contributed by atoms with Gasteiger partial charge in [0.2, 0.25) is 10.0 Å². The van der Waals surface area contributed by atoms with E-state index in [0.717, 1.165) is 12.8 Å². The summed E-state index contributed by atoms with van der Waals surface area (Å²) in [7, 11) is -3.50. The molecule has 1 aromatic rings. The maximum Gasteiger partial charge on any atom is 0.246 e. The van der Waals surface area contributed by atoms with Crippen LogP contribution in [0.4, 0.5) is 0 Å². The van der Waals surface area contributed by atoms with Gasteiger partial charge < -0.3 is 0 Å². The molecule has 0 radical (unpaired) electrons. The molecule has 4 nitrogen and oxygen atoms in total. The van der Waals surface area contributed by atoms with Gasteiger partial charge >= 0.3 is 0 Å². The summed E-state index contributed by atoms with van der Waals surface area (Å²) in [4.78, 5) is 3.97. The molecule has 0 aromatic carbocycles. The molecule has 1 aromatic heterocycles. The standard InChI is InChI=1S/C13H19ClN2O2S/c1-10(2)11-4-7-16(8-5-11)19(17,18)13-9-15-6-3-12(13)14/h3,6,9-11H,4-5,7-8H2,1-2H3. The van der Waals surface area contributed by atoms with Crippen LogP contribution in [0.5, 0.6) is 0 Å². The Balaban J connectivity index is 2.17. The van der Waals surface area contributed by atoms with E-state index in [0.29, 0.717) is 24.9 Å². The summed E-state index contributed by atoms with van der Waals surface area (Å²) in [6, 6.07) is 1.51. The Kier molecular flexibility index (Phi) is 4.48. The topological polar surface area (TPSA) is 50.3 Å². The second-order valence-electron chi connectivity index (χ2n) is 5.29. The SMILES string of the molecule is CC(C)C1CCN(S(=O)(=O)c2cnccc2Cl)CC1. The Hall–Kier alpha value is -0.650.